The van der Waals surface area contributed by atoms with Crippen molar-refractivity contribution in [3.05, 3.63) is 24.3 Å². The lowest BCUT2D eigenvalue weighted by atomic mass is 10.1. The quantitative estimate of drug-likeness (QED) is 0.601. The van der Waals surface area contributed by atoms with Gasteiger partial charge in [0.05, 0.1) is 18.7 Å². The van der Waals surface area contributed by atoms with E-state index in [2.05, 4.69) is 29.4 Å². The Morgan fingerprint density at radius 1 is 1.38 bits per heavy atom. The van der Waals surface area contributed by atoms with E-state index in [0.29, 0.717) is 28.4 Å². The molecule has 2 heterocycles. The van der Waals surface area contributed by atoms with Crippen LogP contribution in [-0.2, 0) is 9.59 Å². The Hall–Kier alpha value is -2.13. The normalized spacial score (nSPS) is 17.0. The van der Waals surface area contributed by atoms with Crippen molar-refractivity contribution in [1.82, 2.24) is 10.2 Å². The number of carbonyl (C=O) groups excluding carboxylic acids is 2. The average Bonchev–Trinajstić information content (AvgIpc) is 3.20. The number of para-hydroxylation sites is 2. The fourth-order valence-corrected chi connectivity index (χ4v) is 4.66. The van der Waals surface area contributed by atoms with E-state index in [9.17, 15) is 9.59 Å². The van der Waals surface area contributed by atoms with Gasteiger partial charge in [-0.3, -0.25) is 9.59 Å². The lowest BCUT2D eigenvalue weighted by molar-refractivity contribution is -0.122. The van der Waals surface area contributed by atoms with Crippen LogP contribution in [0.5, 0.6) is 5.75 Å². The molecule has 3 rings (SSSR count). The molecular weight excluding hydrogens is 372 g/mol. The van der Waals surface area contributed by atoms with E-state index in [4.69, 9.17) is 4.74 Å². The lowest BCUT2D eigenvalue weighted by Crippen LogP contribution is -2.28. The van der Waals surface area contributed by atoms with Gasteiger partial charge >= 0.3 is 0 Å². The number of aromatic nitrogens is 2. The largest absolute Gasteiger partial charge is 0.495 e. The summed E-state index contributed by atoms with van der Waals surface area (Å²) in [5, 5.41) is 11.7. The standard InChI is InChI=1S/C17H20N4O3S2/c1-10(2)25-17-20-19-16(26-17)18-15(23)11-8-14(22)21(9-11)12-6-4-5-7-13(12)24-3/h4-7,10-11H,8-9H2,1-3H3,(H,18,19,23). The van der Waals surface area contributed by atoms with Gasteiger partial charge in [0.15, 0.2) is 4.34 Å². The lowest BCUT2D eigenvalue weighted by Gasteiger charge is -2.19. The molecule has 138 valence electrons. The SMILES string of the molecule is COc1ccccc1N1CC(C(=O)Nc2nnc(SC(C)C)s2)CC1=O. The van der Waals surface area contributed by atoms with Crippen LogP contribution >= 0.6 is 23.1 Å². The van der Waals surface area contributed by atoms with Gasteiger partial charge < -0.3 is 15.0 Å². The monoisotopic (exact) mass is 392 g/mol. The molecule has 1 aliphatic heterocycles. The van der Waals surface area contributed by atoms with Crippen LogP contribution in [0.25, 0.3) is 0 Å². The Morgan fingerprint density at radius 2 is 2.15 bits per heavy atom. The third-order valence-corrected chi connectivity index (χ3v) is 5.77. The summed E-state index contributed by atoms with van der Waals surface area (Å²) < 4.78 is 6.13. The molecule has 2 amide bonds. The molecule has 9 heteroatoms. The number of hydrogen-bond donors (Lipinski definition) is 1. The van der Waals surface area contributed by atoms with Gasteiger partial charge in [-0.2, -0.15) is 0 Å². The van der Waals surface area contributed by atoms with Gasteiger partial charge in [-0.15, -0.1) is 10.2 Å². The van der Waals surface area contributed by atoms with Crippen molar-refractivity contribution in [2.24, 2.45) is 5.92 Å². The molecule has 2 aromatic rings. The van der Waals surface area contributed by atoms with Gasteiger partial charge in [0.1, 0.15) is 5.75 Å². The zero-order valence-electron chi connectivity index (χ0n) is 14.8. The van der Waals surface area contributed by atoms with Crippen LogP contribution in [0, 0.1) is 5.92 Å². The maximum Gasteiger partial charge on any atom is 0.231 e. The molecule has 0 bridgehead atoms. The van der Waals surface area contributed by atoms with Crippen LogP contribution in [0.1, 0.15) is 20.3 Å². The number of hydrogen-bond acceptors (Lipinski definition) is 7. The number of anilines is 2. The molecule has 1 unspecified atom stereocenters. The minimum atomic E-state index is -0.433. The number of nitrogens with zero attached hydrogens (tertiary/aromatic N) is 3. The first-order valence-corrected chi connectivity index (χ1v) is 9.92. The molecule has 1 atom stereocenters. The summed E-state index contributed by atoms with van der Waals surface area (Å²) in [7, 11) is 1.56. The summed E-state index contributed by atoms with van der Waals surface area (Å²) in [6, 6.07) is 7.30. The first-order chi connectivity index (χ1) is 12.5. The van der Waals surface area contributed by atoms with Crippen molar-refractivity contribution in [3.63, 3.8) is 0 Å². The zero-order chi connectivity index (χ0) is 18.7. The highest BCUT2D eigenvalue weighted by Gasteiger charge is 2.36. The van der Waals surface area contributed by atoms with Crippen LogP contribution in [0.15, 0.2) is 28.6 Å². The minimum absolute atomic E-state index is 0.0945. The van der Waals surface area contributed by atoms with Crippen molar-refractivity contribution in [3.8, 4) is 5.75 Å². The number of rotatable bonds is 6. The third kappa shape index (κ3) is 4.16. The summed E-state index contributed by atoms with van der Waals surface area (Å²) in [5.74, 6) is -0.130. The van der Waals surface area contributed by atoms with E-state index in [1.807, 2.05) is 18.2 Å². The number of thioether (sulfide) groups is 1. The summed E-state index contributed by atoms with van der Waals surface area (Å²) in [6.45, 7) is 4.46. The van der Waals surface area contributed by atoms with Crippen LogP contribution in [0.2, 0.25) is 0 Å². The summed E-state index contributed by atoms with van der Waals surface area (Å²) in [4.78, 5) is 26.5. The average molecular weight is 393 g/mol. The topological polar surface area (TPSA) is 84.4 Å². The Balaban J connectivity index is 1.66. The highest BCUT2D eigenvalue weighted by atomic mass is 32.2. The van der Waals surface area contributed by atoms with E-state index in [-0.39, 0.29) is 18.2 Å². The first-order valence-electron chi connectivity index (χ1n) is 8.22. The Kier molecular flexibility index (Phi) is 5.77. The molecule has 1 aliphatic rings. The van der Waals surface area contributed by atoms with Crippen molar-refractivity contribution in [1.29, 1.82) is 0 Å². The molecule has 0 aliphatic carbocycles. The molecule has 7 nitrogen and oxygen atoms in total. The maximum absolute atomic E-state index is 12.5. The zero-order valence-corrected chi connectivity index (χ0v) is 16.4. The minimum Gasteiger partial charge on any atom is -0.495 e. The van der Waals surface area contributed by atoms with Gasteiger partial charge in [0.25, 0.3) is 0 Å². The van der Waals surface area contributed by atoms with Crippen molar-refractivity contribution in [2.75, 3.05) is 23.9 Å². The van der Waals surface area contributed by atoms with Crippen molar-refractivity contribution >= 4 is 45.7 Å². The summed E-state index contributed by atoms with van der Waals surface area (Å²) >= 11 is 2.94. The number of nitrogens with one attached hydrogen (secondary N) is 1. The molecule has 1 aromatic heterocycles. The molecule has 0 saturated carbocycles. The van der Waals surface area contributed by atoms with Crippen molar-refractivity contribution < 1.29 is 14.3 Å². The van der Waals surface area contributed by atoms with Gasteiger partial charge in [0, 0.05) is 18.2 Å². The number of ether oxygens (including phenoxy) is 1. The predicted octanol–water partition coefficient (Wildman–Crippen LogP) is 3.04. The van der Waals surface area contributed by atoms with Gasteiger partial charge in [-0.25, -0.2) is 0 Å². The number of amides is 2. The summed E-state index contributed by atoms with van der Waals surface area (Å²) in [6.07, 6.45) is 0.163. The van der Waals surface area contributed by atoms with Crippen LogP contribution < -0.4 is 15.0 Å². The molecule has 0 radical (unpaired) electrons. The van der Waals surface area contributed by atoms with Crippen LogP contribution in [-0.4, -0.2) is 40.9 Å². The van der Waals surface area contributed by atoms with E-state index in [1.54, 1.807) is 29.8 Å². The van der Waals surface area contributed by atoms with Crippen molar-refractivity contribution in [2.45, 2.75) is 29.9 Å². The smallest absolute Gasteiger partial charge is 0.231 e. The number of carbonyl (C=O) groups is 2. The molecule has 1 aromatic carbocycles. The van der Waals surface area contributed by atoms with Crippen LogP contribution in [0.3, 0.4) is 0 Å². The first kappa shape index (κ1) is 18.7. The Bertz CT molecular complexity index is 809. The molecule has 1 fully saturated rings. The number of benzene rings is 1. The maximum atomic E-state index is 12.5. The van der Waals surface area contributed by atoms with E-state index in [0.717, 1.165) is 4.34 Å². The fourth-order valence-electron chi connectivity index (χ4n) is 2.69. The van der Waals surface area contributed by atoms with Crippen LogP contribution in [0.4, 0.5) is 10.8 Å². The summed E-state index contributed by atoms with van der Waals surface area (Å²) in [5.41, 5.74) is 0.682. The molecule has 0 spiro atoms. The molecule has 1 saturated heterocycles. The van der Waals surface area contributed by atoms with E-state index >= 15 is 0 Å². The second-order valence-electron chi connectivity index (χ2n) is 6.11. The molecule has 1 N–H and O–H groups in total. The Morgan fingerprint density at radius 3 is 2.88 bits per heavy atom. The highest BCUT2D eigenvalue weighted by Crippen LogP contribution is 2.33. The fraction of sp³-hybridized carbons (Fsp3) is 0.412. The van der Waals surface area contributed by atoms with Gasteiger partial charge in [-0.05, 0) is 12.1 Å². The molecular formula is C17H20N4O3S2. The highest BCUT2D eigenvalue weighted by molar-refractivity contribution is 8.01. The van der Waals surface area contributed by atoms with E-state index < -0.39 is 5.92 Å². The van der Waals surface area contributed by atoms with Gasteiger partial charge in [-0.1, -0.05) is 49.1 Å². The second kappa shape index (κ2) is 8.05. The molecule has 26 heavy (non-hydrogen) atoms. The second-order valence-corrected chi connectivity index (χ2v) is 8.91. The number of methoxy groups -OCH3 is 1. The predicted molar refractivity (Wildman–Crippen MR) is 103 cm³/mol. The Labute approximate surface area is 160 Å². The van der Waals surface area contributed by atoms with E-state index in [1.165, 1.54) is 11.3 Å². The third-order valence-electron chi connectivity index (χ3n) is 3.84. The van der Waals surface area contributed by atoms with Gasteiger partial charge in [0.2, 0.25) is 16.9 Å².